The van der Waals surface area contributed by atoms with Crippen LogP contribution in [0.15, 0.2) is 11.6 Å². The maximum atomic E-state index is 4.37. The highest BCUT2D eigenvalue weighted by molar-refractivity contribution is 7.09. The van der Waals surface area contributed by atoms with Gasteiger partial charge in [-0.25, -0.2) is 4.98 Å². The van der Waals surface area contributed by atoms with E-state index in [1.807, 2.05) is 6.20 Å². The molecule has 0 aromatic carbocycles. The van der Waals surface area contributed by atoms with E-state index in [-0.39, 0.29) is 0 Å². The molecular weight excluding hydrogens is 216 g/mol. The molecule has 2 rings (SSSR count). The molecule has 1 fully saturated rings. The molecule has 0 amide bonds. The lowest BCUT2D eigenvalue weighted by Crippen LogP contribution is -2.36. The van der Waals surface area contributed by atoms with Crippen molar-refractivity contribution in [3.05, 3.63) is 16.6 Å². The van der Waals surface area contributed by atoms with Gasteiger partial charge in [0.25, 0.3) is 0 Å². The number of rotatable bonds is 4. The summed E-state index contributed by atoms with van der Waals surface area (Å²) in [6, 6.07) is 1.02. The van der Waals surface area contributed by atoms with Gasteiger partial charge in [0.1, 0.15) is 5.01 Å². The zero-order valence-corrected chi connectivity index (χ0v) is 11.1. The van der Waals surface area contributed by atoms with Crippen LogP contribution in [-0.2, 0) is 0 Å². The Hall–Kier alpha value is -0.410. The smallest absolute Gasteiger partial charge is 0.109 e. The molecule has 1 aliphatic carbocycles. The quantitative estimate of drug-likeness (QED) is 0.864. The van der Waals surface area contributed by atoms with E-state index in [4.69, 9.17) is 0 Å². The first-order chi connectivity index (χ1) is 7.77. The Labute approximate surface area is 102 Å². The van der Waals surface area contributed by atoms with Gasteiger partial charge in [-0.3, -0.25) is 0 Å². The molecule has 90 valence electrons. The van der Waals surface area contributed by atoms with Crippen molar-refractivity contribution < 1.29 is 0 Å². The fraction of sp³-hybridized carbons (Fsp3) is 0.769. The van der Waals surface area contributed by atoms with Gasteiger partial charge in [-0.05, 0) is 32.6 Å². The molecule has 1 unspecified atom stereocenters. The van der Waals surface area contributed by atoms with Crippen molar-refractivity contribution in [3.63, 3.8) is 0 Å². The first-order valence-electron chi connectivity index (χ1n) is 6.43. The van der Waals surface area contributed by atoms with Crippen LogP contribution in [0.1, 0.15) is 57.0 Å². The normalized spacial score (nSPS) is 21.9. The minimum absolute atomic E-state index is 0.400. The fourth-order valence-corrected chi connectivity index (χ4v) is 3.34. The zero-order chi connectivity index (χ0) is 11.4. The monoisotopic (exact) mass is 238 g/mol. The minimum Gasteiger partial charge on any atom is -0.305 e. The first kappa shape index (κ1) is 12.1. The number of hydrogen-bond donors (Lipinski definition) is 1. The highest BCUT2D eigenvalue weighted by Gasteiger charge is 2.21. The molecule has 1 saturated carbocycles. The van der Waals surface area contributed by atoms with Crippen molar-refractivity contribution in [2.45, 2.75) is 58.0 Å². The molecule has 3 heteroatoms. The van der Waals surface area contributed by atoms with Crippen LogP contribution < -0.4 is 5.32 Å². The number of aromatic nitrogens is 1. The third-order valence-corrected chi connectivity index (χ3v) is 4.65. The molecule has 1 aliphatic rings. The van der Waals surface area contributed by atoms with Gasteiger partial charge in [-0.2, -0.15) is 0 Å². The highest BCUT2D eigenvalue weighted by Crippen LogP contribution is 2.27. The van der Waals surface area contributed by atoms with Gasteiger partial charge in [-0.1, -0.05) is 19.3 Å². The van der Waals surface area contributed by atoms with Crippen LogP contribution in [0.3, 0.4) is 0 Å². The Morgan fingerprint density at radius 1 is 1.31 bits per heavy atom. The first-order valence-corrected chi connectivity index (χ1v) is 7.31. The summed E-state index contributed by atoms with van der Waals surface area (Å²) in [7, 11) is 0. The van der Waals surface area contributed by atoms with Crippen LogP contribution in [0, 0.1) is 5.92 Å². The van der Waals surface area contributed by atoms with E-state index >= 15 is 0 Å². The van der Waals surface area contributed by atoms with Gasteiger partial charge in [0, 0.05) is 17.6 Å². The molecule has 1 N–H and O–H groups in total. The predicted molar refractivity (Wildman–Crippen MR) is 69.7 cm³/mol. The van der Waals surface area contributed by atoms with Crippen LogP contribution in [0.25, 0.3) is 0 Å². The summed E-state index contributed by atoms with van der Waals surface area (Å²) in [5.74, 6) is 0.871. The van der Waals surface area contributed by atoms with Gasteiger partial charge in [0.2, 0.25) is 0 Å². The third-order valence-electron chi connectivity index (χ3n) is 3.69. The highest BCUT2D eigenvalue weighted by atomic mass is 32.1. The van der Waals surface area contributed by atoms with Gasteiger partial charge in [0.15, 0.2) is 0 Å². The SMILES string of the molecule is CC(N[C@H](C)C1CCCCC1)c1nccs1. The van der Waals surface area contributed by atoms with E-state index in [1.165, 1.54) is 37.1 Å². The fourth-order valence-electron chi connectivity index (χ4n) is 2.68. The predicted octanol–water partition coefficient (Wildman–Crippen LogP) is 3.76. The van der Waals surface area contributed by atoms with Crippen LogP contribution in [0.2, 0.25) is 0 Å². The average Bonchev–Trinajstić information content (AvgIpc) is 2.83. The Balaban J connectivity index is 1.84. The van der Waals surface area contributed by atoms with Crippen molar-refractivity contribution >= 4 is 11.3 Å². The average molecular weight is 238 g/mol. The van der Waals surface area contributed by atoms with Crippen molar-refractivity contribution in [2.24, 2.45) is 5.92 Å². The summed E-state index contributed by atoms with van der Waals surface area (Å²) in [6.07, 6.45) is 8.97. The Bertz CT molecular complexity index is 291. The molecule has 0 saturated heterocycles. The zero-order valence-electron chi connectivity index (χ0n) is 10.3. The molecule has 1 aromatic heterocycles. The van der Waals surface area contributed by atoms with Gasteiger partial charge in [-0.15, -0.1) is 11.3 Å². The lowest BCUT2D eigenvalue weighted by atomic mass is 9.84. The molecule has 0 radical (unpaired) electrons. The van der Waals surface area contributed by atoms with Crippen LogP contribution in [-0.4, -0.2) is 11.0 Å². The second kappa shape index (κ2) is 5.78. The summed E-state index contributed by atoms with van der Waals surface area (Å²) in [5, 5.41) is 6.97. The summed E-state index contributed by atoms with van der Waals surface area (Å²) in [6.45, 7) is 4.55. The molecule has 2 atom stereocenters. The Kier molecular flexibility index (Phi) is 4.36. The van der Waals surface area contributed by atoms with Crippen LogP contribution in [0.5, 0.6) is 0 Å². The number of thiazole rings is 1. The van der Waals surface area contributed by atoms with Crippen molar-refractivity contribution in [3.8, 4) is 0 Å². The summed E-state index contributed by atoms with van der Waals surface area (Å²) in [4.78, 5) is 4.37. The molecule has 16 heavy (non-hydrogen) atoms. The number of nitrogens with one attached hydrogen (secondary N) is 1. The molecule has 2 nitrogen and oxygen atoms in total. The minimum atomic E-state index is 0.400. The lowest BCUT2D eigenvalue weighted by molar-refractivity contribution is 0.268. The molecule has 0 aliphatic heterocycles. The number of hydrogen-bond acceptors (Lipinski definition) is 3. The van der Waals surface area contributed by atoms with E-state index < -0.39 is 0 Å². The molecule has 1 aromatic rings. The maximum Gasteiger partial charge on any atom is 0.109 e. The van der Waals surface area contributed by atoms with Crippen molar-refractivity contribution in [1.29, 1.82) is 0 Å². The second-order valence-electron chi connectivity index (χ2n) is 4.95. The van der Waals surface area contributed by atoms with E-state index in [9.17, 15) is 0 Å². The van der Waals surface area contributed by atoms with Gasteiger partial charge in [0.05, 0.1) is 6.04 Å². The maximum absolute atomic E-state index is 4.37. The Morgan fingerprint density at radius 2 is 2.06 bits per heavy atom. The van der Waals surface area contributed by atoms with Gasteiger partial charge >= 0.3 is 0 Å². The van der Waals surface area contributed by atoms with Crippen molar-refractivity contribution in [2.75, 3.05) is 0 Å². The Morgan fingerprint density at radius 3 is 2.69 bits per heavy atom. The van der Waals surface area contributed by atoms with Gasteiger partial charge < -0.3 is 5.32 Å². The summed E-state index contributed by atoms with van der Waals surface area (Å²) >= 11 is 1.75. The summed E-state index contributed by atoms with van der Waals surface area (Å²) < 4.78 is 0. The summed E-state index contributed by atoms with van der Waals surface area (Å²) in [5.41, 5.74) is 0. The van der Waals surface area contributed by atoms with Crippen LogP contribution in [0.4, 0.5) is 0 Å². The standard InChI is InChI=1S/C13H22N2S/c1-10(12-6-4-3-5-7-12)15-11(2)13-14-8-9-16-13/h8-12,15H,3-7H2,1-2H3/t10-,11?/m1/s1. The molecular formula is C13H22N2S. The second-order valence-corrected chi connectivity index (χ2v) is 5.87. The molecule has 0 spiro atoms. The number of nitrogens with zero attached hydrogens (tertiary/aromatic N) is 1. The van der Waals surface area contributed by atoms with E-state index in [1.54, 1.807) is 11.3 Å². The lowest BCUT2D eigenvalue weighted by Gasteiger charge is -2.30. The molecule has 1 heterocycles. The third kappa shape index (κ3) is 3.05. The van der Waals surface area contributed by atoms with Crippen LogP contribution >= 0.6 is 11.3 Å². The molecule has 0 bridgehead atoms. The topological polar surface area (TPSA) is 24.9 Å². The van der Waals surface area contributed by atoms with Crippen molar-refractivity contribution in [1.82, 2.24) is 10.3 Å². The van der Waals surface area contributed by atoms with E-state index in [0.29, 0.717) is 12.1 Å². The van der Waals surface area contributed by atoms with E-state index in [0.717, 1.165) is 5.92 Å². The van der Waals surface area contributed by atoms with E-state index in [2.05, 4.69) is 29.5 Å². The largest absolute Gasteiger partial charge is 0.305 e.